The van der Waals surface area contributed by atoms with Crippen LogP contribution >= 0.6 is 11.8 Å². The van der Waals surface area contributed by atoms with E-state index < -0.39 is 0 Å². The van der Waals surface area contributed by atoms with Crippen LogP contribution in [0.4, 0.5) is 0 Å². The molecule has 2 aliphatic rings. The fraction of sp³-hybridized carbons (Fsp3) is 0.370. The fourth-order valence-electron chi connectivity index (χ4n) is 4.71. The summed E-state index contributed by atoms with van der Waals surface area (Å²) in [5, 5.41) is 14.1. The number of thioether (sulfide) groups is 1. The van der Waals surface area contributed by atoms with Crippen LogP contribution in [0.2, 0.25) is 0 Å². The molecule has 4 aromatic rings. The van der Waals surface area contributed by atoms with Crippen LogP contribution in [0.5, 0.6) is 5.75 Å². The third-order valence-electron chi connectivity index (χ3n) is 6.90. The minimum atomic E-state index is 0.00618. The monoisotopic (exact) mass is 487 g/mol. The highest BCUT2D eigenvalue weighted by Crippen LogP contribution is 2.46. The van der Waals surface area contributed by atoms with E-state index in [9.17, 15) is 4.79 Å². The summed E-state index contributed by atoms with van der Waals surface area (Å²) in [6, 6.07) is 16.9. The molecule has 1 amide bonds. The first-order valence-corrected chi connectivity index (χ1v) is 13.2. The summed E-state index contributed by atoms with van der Waals surface area (Å²) >= 11 is 1.50. The number of ether oxygens (including phenoxy) is 1. The Morgan fingerprint density at radius 1 is 1.14 bits per heavy atom. The number of aromatic amines is 1. The third kappa shape index (κ3) is 4.67. The highest BCUT2D eigenvalue weighted by molar-refractivity contribution is 7.99. The van der Waals surface area contributed by atoms with Crippen LogP contribution in [0, 0.1) is 0 Å². The van der Waals surface area contributed by atoms with Crippen molar-refractivity contribution in [2.75, 3.05) is 19.4 Å². The molecule has 1 atom stereocenters. The number of nitrogens with zero attached hydrogens (tertiary/aromatic N) is 3. The van der Waals surface area contributed by atoms with Crippen molar-refractivity contribution in [3.63, 3.8) is 0 Å². The summed E-state index contributed by atoms with van der Waals surface area (Å²) in [5.41, 5.74) is 3.39. The second-order valence-corrected chi connectivity index (χ2v) is 10.4. The van der Waals surface area contributed by atoms with Crippen molar-refractivity contribution in [1.82, 2.24) is 25.1 Å². The Labute approximate surface area is 208 Å². The summed E-state index contributed by atoms with van der Waals surface area (Å²) < 4.78 is 7.63. The first kappa shape index (κ1) is 22.2. The van der Waals surface area contributed by atoms with Gasteiger partial charge in [0.2, 0.25) is 5.91 Å². The summed E-state index contributed by atoms with van der Waals surface area (Å²) in [5.74, 6) is 2.85. The molecule has 2 aliphatic carbocycles. The van der Waals surface area contributed by atoms with E-state index in [1.165, 1.54) is 48.4 Å². The van der Waals surface area contributed by atoms with E-state index in [-0.39, 0.29) is 11.8 Å². The standard InChI is InChI=1S/C27H29N5O2S/c1-34-20-12-8-17(9-13-20)22(23-15-28-24-5-3-2-4-21(23)24)14-29-25(33)16-35-27-31-30-26(18-6-7-18)32(27)19-10-11-19/h2-5,8-9,12-13,15,18-19,22,28H,6-7,10-11,14,16H2,1H3,(H,29,33). The zero-order chi connectivity index (χ0) is 23.8. The number of carbonyl (C=O) groups is 1. The van der Waals surface area contributed by atoms with Gasteiger partial charge >= 0.3 is 0 Å². The largest absolute Gasteiger partial charge is 0.497 e. The van der Waals surface area contributed by atoms with Crippen LogP contribution in [0.15, 0.2) is 59.9 Å². The van der Waals surface area contributed by atoms with E-state index in [1.54, 1.807) is 7.11 Å². The average Bonchev–Trinajstić information content (AvgIpc) is 3.83. The molecule has 0 radical (unpaired) electrons. The van der Waals surface area contributed by atoms with Crippen LogP contribution in [0.1, 0.15) is 60.5 Å². The number of amides is 1. The Bertz CT molecular complexity index is 1340. The Morgan fingerprint density at radius 2 is 1.94 bits per heavy atom. The van der Waals surface area contributed by atoms with Crippen LogP contribution in [0.3, 0.4) is 0 Å². The van der Waals surface area contributed by atoms with E-state index in [1.807, 2.05) is 24.3 Å². The van der Waals surface area contributed by atoms with Gasteiger partial charge in [-0.15, -0.1) is 10.2 Å². The van der Waals surface area contributed by atoms with Crippen molar-refractivity contribution < 1.29 is 9.53 Å². The van der Waals surface area contributed by atoms with Crippen molar-refractivity contribution in [2.24, 2.45) is 0 Å². The summed E-state index contributed by atoms with van der Waals surface area (Å²) in [4.78, 5) is 16.3. The van der Waals surface area contributed by atoms with Crippen molar-refractivity contribution in [3.8, 4) is 5.75 Å². The highest BCUT2D eigenvalue weighted by atomic mass is 32.2. The number of hydrogen-bond acceptors (Lipinski definition) is 5. The lowest BCUT2D eigenvalue weighted by Crippen LogP contribution is -2.30. The topological polar surface area (TPSA) is 84.8 Å². The van der Waals surface area contributed by atoms with Gasteiger partial charge in [-0.05, 0) is 55.0 Å². The molecular formula is C27H29N5O2S. The third-order valence-corrected chi connectivity index (χ3v) is 7.84. The molecule has 7 nitrogen and oxygen atoms in total. The van der Waals surface area contributed by atoms with Crippen LogP contribution in [0.25, 0.3) is 10.9 Å². The van der Waals surface area contributed by atoms with Crippen molar-refractivity contribution in [2.45, 2.75) is 48.7 Å². The van der Waals surface area contributed by atoms with Gasteiger partial charge in [0.25, 0.3) is 0 Å². The molecule has 0 bridgehead atoms. The Kier molecular flexibility index (Phi) is 5.98. The molecule has 1 unspecified atom stereocenters. The van der Waals surface area contributed by atoms with Gasteiger partial charge in [-0.1, -0.05) is 42.1 Å². The number of aromatic nitrogens is 4. The number of fused-ring (bicyclic) bond motifs is 1. The maximum absolute atomic E-state index is 12.9. The molecule has 0 saturated heterocycles. The molecule has 0 aliphatic heterocycles. The molecule has 2 aromatic heterocycles. The molecule has 2 N–H and O–H groups in total. The summed E-state index contributed by atoms with van der Waals surface area (Å²) in [6.07, 6.45) is 6.84. The maximum atomic E-state index is 12.9. The van der Waals surface area contributed by atoms with Gasteiger partial charge in [0.1, 0.15) is 11.6 Å². The molecule has 8 heteroatoms. The molecule has 0 spiro atoms. The smallest absolute Gasteiger partial charge is 0.230 e. The van der Waals surface area contributed by atoms with Gasteiger partial charge < -0.3 is 19.6 Å². The SMILES string of the molecule is COc1ccc(C(CNC(=O)CSc2nnc(C3CC3)n2C2CC2)c2c[nH]c3ccccc23)cc1. The van der Waals surface area contributed by atoms with Gasteiger partial charge in [0.15, 0.2) is 5.16 Å². The molecule has 35 heavy (non-hydrogen) atoms. The molecule has 2 fully saturated rings. The predicted octanol–water partition coefficient (Wildman–Crippen LogP) is 5.02. The Balaban J connectivity index is 1.17. The Hall–Kier alpha value is -3.26. The molecule has 2 aromatic carbocycles. The zero-order valence-corrected chi connectivity index (χ0v) is 20.6. The minimum absolute atomic E-state index is 0.00618. The van der Waals surface area contributed by atoms with Crippen molar-refractivity contribution in [3.05, 3.63) is 71.7 Å². The maximum Gasteiger partial charge on any atom is 0.230 e. The molecular weight excluding hydrogens is 458 g/mol. The molecule has 2 saturated carbocycles. The lowest BCUT2D eigenvalue weighted by molar-refractivity contribution is -0.118. The summed E-state index contributed by atoms with van der Waals surface area (Å²) in [7, 11) is 1.67. The van der Waals surface area contributed by atoms with Gasteiger partial charge in [-0.3, -0.25) is 4.79 Å². The normalized spacial score (nSPS) is 16.4. The number of carbonyl (C=O) groups excluding carboxylic acids is 1. The number of rotatable bonds is 10. The Morgan fingerprint density at radius 3 is 2.69 bits per heavy atom. The molecule has 180 valence electrons. The van der Waals surface area contributed by atoms with E-state index in [4.69, 9.17) is 4.74 Å². The number of H-pyrrole nitrogens is 1. The number of benzene rings is 2. The van der Waals surface area contributed by atoms with Crippen molar-refractivity contribution in [1.29, 1.82) is 0 Å². The fourth-order valence-corrected chi connectivity index (χ4v) is 5.55. The second kappa shape index (κ2) is 9.41. The number of methoxy groups -OCH3 is 1. The first-order chi connectivity index (χ1) is 17.2. The highest BCUT2D eigenvalue weighted by Gasteiger charge is 2.36. The van der Waals surface area contributed by atoms with Gasteiger partial charge in [-0.2, -0.15) is 0 Å². The quantitative estimate of drug-likeness (QED) is 0.307. The lowest BCUT2D eigenvalue weighted by Gasteiger charge is -2.18. The van der Waals surface area contributed by atoms with Gasteiger partial charge in [0.05, 0.1) is 12.9 Å². The first-order valence-electron chi connectivity index (χ1n) is 12.3. The van der Waals surface area contributed by atoms with Crippen LogP contribution < -0.4 is 10.1 Å². The average molecular weight is 488 g/mol. The predicted molar refractivity (Wildman–Crippen MR) is 137 cm³/mol. The lowest BCUT2D eigenvalue weighted by atomic mass is 9.91. The second-order valence-electron chi connectivity index (χ2n) is 9.42. The number of hydrogen-bond donors (Lipinski definition) is 2. The van der Waals surface area contributed by atoms with Crippen molar-refractivity contribution >= 4 is 28.6 Å². The summed E-state index contributed by atoms with van der Waals surface area (Å²) in [6.45, 7) is 0.510. The zero-order valence-electron chi connectivity index (χ0n) is 19.7. The molecule has 6 rings (SSSR count). The van der Waals surface area contributed by atoms with Crippen LogP contribution in [-0.2, 0) is 4.79 Å². The van der Waals surface area contributed by atoms with E-state index in [2.05, 4.69) is 55.5 Å². The van der Waals surface area contributed by atoms with Gasteiger partial charge in [-0.25, -0.2) is 0 Å². The number of para-hydroxylation sites is 1. The van der Waals surface area contributed by atoms with Gasteiger partial charge in [0, 0.05) is 41.5 Å². The minimum Gasteiger partial charge on any atom is -0.497 e. The number of nitrogens with one attached hydrogen (secondary N) is 2. The van der Waals surface area contributed by atoms with E-state index >= 15 is 0 Å². The van der Waals surface area contributed by atoms with E-state index in [0.717, 1.165) is 27.8 Å². The molecule has 2 heterocycles. The van der Waals surface area contributed by atoms with E-state index in [0.29, 0.717) is 24.3 Å². The van der Waals surface area contributed by atoms with Crippen LogP contribution in [-0.4, -0.2) is 45.1 Å².